The van der Waals surface area contributed by atoms with E-state index in [4.69, 9.17) is 4.74 Å². The van der Waals surface area contributed by atoms with Gasteiger partial charge >= 0.3 is 0 Å². The van der Waals surface area contributed by atoms with E-state index in [-0.39, 0.29) is 5.69 Å². The number of methoxy groups -OCH3 is 1. The second-order valence-corrected chi connectivity index (χ2v) is 4.00. The van der Waals surface area contributed by atoms with Gasteiger partial charge in [0.1, 0.15) is 11.4 Å². The van der Waals surface area contributed by atoms with Gasteiger partial charge in [-0.2, -0.15) is 0 Å². The topological polar surface area (TPSA) is 75.8 Å². The molecule has 0 saturated carbocycles. The molecule has 0 amide bonds. The van der Waals surface area contributed by atoms with Crippen molar-refractivity contribution < 1.29 is 14.8 Å². The molecular weight excluding hydrogens is 224 g/mol. The van der Waals surface area contributed by atoms with E-state index >= 15 is 0 Å². The first-order valence-corrected chi connectivity index (χ1v) is 5.37. The van der Waals surface area contributed by atoms with Crippen molar-refractivity contribution >= 4 is 11.4 Å². The predicted molar refractivity (Wildman–Crippen MR) is 62.5 cm³/mol. The van der Waals surface area contributed by atoms with Gasteiger partial charge in [-0.1, -0.05) is 0 Å². The van der Waals surface area contributed by atoms with Crippen LogP contribution in [0.3, 0.4) is 0 Å². The SMILES string of the molecule is COc1ccc([N+](=O)[O-])c(N2CC[C@H](O)C2)c1. The molecule has 17 heavy (non-hydrogen) atoms. The molecule has 92 valence electrons. The molecular formula is C11H14N2O4. The second kappa shape index (κ2) is 4.58. The quantitative estimate of drug-likeness (QED) is 0.632. The van der Waals surface area contributed by atoms with Crippen LogP contribution < -0.4 is 9.64 Å². The summed E-state index contributed by atoms with van der Waals surface area (Å²) >= 11 is 0. The summed E-state index contributed by atoms with van der Waals surface area (Å²) in [5.74, 6) is 0.576. The van der Waals surface area contributed by atoms with E-state index in [0.29, 0.717) is 30.9 Å². The van der Waals surface area contributed by atoms with Crippen molar-refractivity contribution in [1.29, 1.82) is 0 Å². The Kier molecular flexibility index (Phi) is 3.14. The van der Waals surface area contributed by atoms with Gasteiger partial charge in [-0.05, 0) is 12.5 Å². The first kappa shape index (κ1) is 11.7. The lowest BCUT2D eigenvalue weighted by atomic mass is 10.2. The molecule has 0 aromatic heterocycles. The fourth-order valence-corrected chi connectivity index (χ4v) is 2.00. The normalized spacial score (nSPS) is 19.4. The van der Waals surface area contributed by atoms with Crippen LogP contribution in [0.2, 0.25) is 0 Å². The fourth-order valence-electron chi connectivity index (χ4n) is 2.00. The standard InChI is InChI=1S/C11H14N2O4/c1-17-9-2-3-10(13(15)16)11(6-9)12-5-4-8(14)7-12/h2-3,6,8,14H,4-5,7H2,1H3/t8-/m0/s1. The maximum absolute atomic E-state index is 10.9. The number of rotatable bonds is 3. The highest BCUT2D eigenvalue weighted by Gasteiger charge is 2.26. The summed E-state index contributed by atoms with van der Waals surface area (Å²) in [5, 5.41) is 20.4. The van der Waals surface area contributed by atoms with Crippen molar-refractivity contribution in [3.05, 3.63) is 28.3 Å². The highest BCUT2D eigenvalue weighted by molar-refractivity contribution is 5.66. The van der Waals surface area contributed by atoms with Gasteiger partial charge < -0.3 is 14.7 Å². The summed E-state index contributed by atoms with van der Waals surface area (Å²) < 4.78 is 5.06. The third-order valence-corrected chi connectivity index (χ3v) is 2.88. The number of hydrogen-bond acceptors (Lipinski definition) is 5. The van der Waals surface area contributed by atoms with Gasteiger partial charge in [0.05, 0.1) is 18.1 Å². The van der Waals surface area contributed by atoms with Crippen molar-refractivity contribution in [2.45, 2.75) is 12.5 Å². The molecule has 1 aliphatic heterocycles. The number of nitro groups is 1. The summed E-state index contributed by atoms with van der Waals surface area (Å²) in [4.78, 5) is 12.3. The Morgan fingerprint density at radius 1 is 1.59 bits per heavy atom. The number of β-amino-alcohol motifs (C(OH)–C–C–N with tert-alkyl or cyclic N) is 1. The summed E-state index contributed by atoms with van der Waals surface area (Å²) in [6.45, 7) is 1.04. The summed E-state index contributed by atoms with van der Waals surface area (Å²) in [7, 11) is 1.52. The molecule has 0 spiro atoms. The summed E-state index contributed by atoms with van der Waals surface area (Å²) in [6.07, 6.45) is 0.217. The second-order valence-electron chi connectivity index (χ2n) is 4.00. The van der Waals surface area contributed by atoms with Crippen LogP contribution in [0.1, 0.15) is 6.42 Å². The number of ether oxygens (including phenoxy) is 1. The zero-order valence-corrected chi connectivity index (χ0v) is 9.50. The maximum Gasteiger partial charge on any atom is 0.292 e. The lowest BCUT2D eigenvalue weighted by Gasteiger charge is -2.18. The van der Waals surface area contributed by atoms with Crippen LogP contribution in [0.5, 0.6) is 5.75 Å². The van der Waals surface area contributed by atoms with Crippen molar-refractivity contribution in [2.75, 3.05) is 25.1 Å². The highest BCUT2D eigenvalue weighted by atomic mass is 16.6. The van der Waals surface area contributed by atoms with Crippen LogP contribution in [0.15, 0.2) is 18.2 Å². The zero-order valence-electron chi connectivity index (χ0n) is 9.50. The number of anilines is 1. The van der Waals surface area contributed by atoms with Gasteiger partial charge in [-0.3, -0.25) is 10.1 Å². The Morgan fingerprint density at radius 2 is 2.35 bits per heavy atom. The third kappa shape index (κ3) is 2.31. The monoisotopic (exact) mass is 238 g/mol. The lowest BCUT2D eigenvalue weighted by Crippen LogP contribution is -2.22. The van der Waals surface area contributed by atoms with E-state index in [1.165, 1.54) is 13.2 Å². The van der Waals surface area contributed by atoms with Crippen molar-refractivity contribution in [3.63, 3.8) is 0 Å². The minimum Gasteiger partial charge on any atom is -0.497 e. The minimum absolute atomic E-state index is 0.0416. The molecule has 6 heteroatoms. The van der Waals surface area contributed by atoms with Crippen LogP contribution in [-0.2, 0) is 0 Å². The largest absolute Gasteiger partial charge is 0.497 e. The smallest absolute Gasteiger partial charge is 0.292 e. The number of nitro benzene ring substituents is 1. The van der Waals surface area contributed by atoms with Crippen LogP contribution in [-0.4, -0.2) is 36.3 Å². The van der Waals surface area contributed by atoms with E-state index < -0.39 is 11.0 Å². The van der Waals surface area contributed by atoms with Crippen LogP contribution >= 0.6 is 0 Å². The number of hydrogen-bond donors (Lipinski definition) is 1. The molecule has 1 aliphatic rings. The average molecular weight is 238 g/mol. The number of benzene rings is 1. The molecule has 0 radical (unpaired) electrons. The van der Waals surface area contributed by atoms with Crippen molar-refractivity contribution in [3.8, 4) is 5.75 Å². The average Bonchev–Trinajstić information content (AvgIpc) is 2.75. The molecule has 1 aromatic rings. The number of nitrogens with zero attached hydrogens (tertiary/aromatic N) is 2. The van der Waals surface area contributed by atoms with E-state index in [0.717, 1.165) is 0 Å². The van der Waals surface area contributed by atoms with Crippen molar-refractivity contribution in [1.82, 2.24) is 0 Å². The Bertz CT molecular complexity index is 435. The molecule has 0 unspecified atom stereocenters. The molecule has 1 N–H and O–H groups in total. The molecule has 1 fully saturated rings. The first-order valence-electron chi connectivity index (χ1n) is 5.37. The lowest BCUT2D eigenvalue weighted by molar-refractivity contribution is -0.384. The Hall–Kier alpha value is -1.82. The fraction of sp³-hybridized carbons (Fsp3) is 0.455. The van der Waals surface area contributed by atoms with E-state index in [1.54, 1.807) is 12.1 Å². The summed E-state index contributed by atoms with van der Waals surface area (Å²) in [5.41, 5.74) is 0.547. The molecule has 1 saturated heterocycles. The van der Waals surface area contributed by atoms with Crippen LogP contribution in [0.4, 0.5) is 11.4 Å². The molecule has 1 heterocycles. The number of aliphatic hydroxyl groups is 1. The first-order chi connectivity index (χ1) is 8.11. The predicted octanol–water partition coefficient (Wildman–Crippen LogP) is 1.17. The molecule has 1 atom stereocenters. The van der Waals surface area contributed by atoms with E-state index in [1.807, 2.05) is 4.90 Å². The molecule has 1 aromatic carbocycles. The number of aliphatic hydroxyl groups excluding tert-OH is 1. The Labute approximate surface area is 98.6 Å². The van der Waals surface area contributed by atoms with Gasteiger partial charge in [0.2, 0.25) is 0 Å². The van der Waals surface area contributed by atoms with Crippen molar-refractivity contribution in [2.24, 2.45) is 0 Å². The Morgan fingerprint density at radius 3 is 2.88 bits per heavy atom. The highest BCUT2D eigenvalue weighted by Crippen LogP contribution is 2.33. The Balaban J connectivity index is 2.38. The summed E-state index contributed by atoms with van der Waals surface area (Å²) in [6, 6.07) is 4.63. The van der Waals surface area contributed by atoms with Gasteiger partial charge in [0, 0.05) is 25.2 Å². The van der Waals surface area contributed by atoms with Crippen LogP contribution in [0.25, 0.3) is 0 Å². The molecule has 6 nitrogen and oxygen atoms in total. The van der Waals surface area contributed by atoms with Crippen LogP contribution in [0, 0.1) is 10.1 Å². The van der Waals surface area contributed by atoms with Gasteiger partial charge in [0.25, 0.3) is 5.69 Å². The van der Waals surface area contributed by atoms with Gasteiger partial charge in [0.15, 0.2) is 0 Å². The molecule has 0 bridgehead atoms. The maximum atomic E-state index is 10.9. The molecule has 0 aliphatic carbocycles. The van der Waals surface area contributed by atoms with Gasteiger partial charge in [-0.15, -0.1) is 0 Å². The van der Waals surface area contributed by atoms with E-state index in [2.05, 4.69) is 0 Å². The van der Waals surface area contributed by atoms with E-state index in [9.17, 15) is 15.2 Å². The van der Waals surface area contributed by atoms with Gasteiger partial charge in [-0.25, -0.2) is 0 Å². The molecule has 2 rings (SSSR count). The third-order valence-electron chi connectivity index (χ3n) is 2.88. The zero-order chi connectivity index (χ0) is 12.4. The minimum atomic E-state index is -0.417.